The number of thioether (sulfide) groups is 1. The summed E-state index contributed by atoms with van der Waals surface area (Å²) in [4.78, 5) is 14.8. The lowest BCUT2D eigenvalue weighted by atomic mass is 10.2. The predicted octanol–water partition coefficient (Wildman–Crippen LogP) is 5.32. The molecule has 4 heterocycles. The number of pyridine rings is 1. The molecule has 0 aliphatic rings. The summed E-state index contributed by atoms with van der Waals surface area (Å²) in [7, 11) is 0. The molecule has 0 saturated carbocycles. The first-order chi connectivity index (χ1) is 16.1. The Labute approximate surface area is 203 Å². The number of nitrogens with zero attached hydrogens (tertiary/aromatic N) is 5. The second-order valence-electron chi connectivity index (χ2n) is 7.57. The van der Waals surface area contributed by atoms with Crippen LogP contribution in [0.1, 0.15) is 33.7 Å². The van der Waals surface area contributed by atoms with Gasteiger partial charge in [0.25, 0.3) is 5.91 Å². The fourth-order valence-corrected chi connectivity index (χ4v) is 5.54. The van der Waals surface area contributed by atoms with E-state index in [1.54, 1.807) is 11.8 Å². The van der Waals surface area contributed by atoms with Gasteiger partial charge in [-0.25, -0.2) is 4.68 Å². The molecule has 168 valence electrons. The predicted molar refractivity (Wildman–Crippen MR) is 135 cm³/mol. The van der Waals surface area contributed by atoms with Gasteiger partial charge in [-0.1, -0.05) is 29.8 Å². The molecule has 0 radical (unpaired) electrons. The summed E-state index contributed by atoms with van der Waals surface area (Å²) in [6, 6.07) is 15.0. The molecule has 4 aromatic heterocycles. The number of aromatic nitrogens is 5. The van der Waals surface area contributed by atoms with E-state index < -0.39 is 0 Å². The molecule has 1 N–H and O–H groups in total. The Morgan fingerprint density at radius 2 is 2.03 bits per heavy atom. The van der Waals surface area contributed by atoms with Crippen molar-refractivity contribution in [1.29, 1.82) is 0 Å². The van der Waals surface area contributed by atoms with Crippen molar-refractivity contribution in [3.8, 4) is 5.69 Å². The minimum atomic E-state index is -0.256. The molecule has 1 aromatic carbocycles. The highest BCUT2D eigenvalue weighted by Gasteiger charge is 2.23. The van der Waals surface area contributed by atoms with Gasteiger partial charge in [0.05, 0.1) is 27.3 Å². The van der Waals surface area contributed by atoms with Gasteiger partial charge in [-0.05, 0) is 55.7 Å². The van der Waals surface area contributed by atoms with Crippen molar-refractivity contribution in [2.45, 2.75) is 19.4 Å². The van der Waals surface area contributed by atoms with Crippen LogP contribution in [-0.2, 0) is 0 Å². The molecule has 1 unspecified atom stereocenters. The Balaban J connectivity index is 1.48. The SMILES string of the molecule is CSCCC(NC(=O)c1cc2c(C)nn(-c3ccccc3Cl)c2s1)c1nnc2ccccn12. The average Bonchev–Trinajstić information content (AvgIpc) is 3.52. The minimum Gasteiger partial charge on any atom is -0.341 e. The zero-order valence-corrected chi connectivity index (χ0v) is 20.4. The van der Waals surface area contributed by atoms with Crippen molar-refractivity contribution in [2.24, 2.45) is 0 Å². The molecule has 33 heavy (non-hydrogen) atoms. The van der Waals surface area contributed by atoms with Crippen LogP contribution in [-0.4, -0.2) is 42.3 Å². The van der Waals surface area contributed by atoms with Crippen LogP contribution in [0.15, 0.2) is 54.7 Å². The summed E-state index contributed by atoms with van der Waals surface area (Å²) in [5, 5.41) is 18.0. The summed E-state index contributed by atoms with van der Waals surface area (Å²) < 4.78 is 3.74. The maximum Gasteiger partial charge on any atom is 0.262 e. The van der Waals surface area contributed by atoms with E-state index in [1.165, 1.54) is 11.3 Å². The zero-order valence-electron chi connectivity index (χ0n) is 18.0. The van der Waals surface area contributed by atoms with Crippen molar-refractivity contribution >= 4 is 56.5 Å². The summed E-state index contributed by atoms with van der Waals surface area (Å²) in [6.45, 7) is 1.94. The van der Waals surface area contributed by atoms with Gasteiger partial charge in [0.2, 0.25) is 0 Å². The Hall–Kier alpha value is -2.88. The lowest BCUT2D eigenvalue weighted by Crippen LogP contribution is -2.30. The lowest BCUT2D eigenvalue weighted by molar-refractivity contribution is 0.0938. The second kappa shape index (κ2) is 9.17. The molecular formula is C23H21ClN6OS2. The topological polar surface area (TPSA) is 77.1 Å². The molecule has 0 spiro atoms. The number of para-hydroxylation sites is 1. The van der Waals surface area contributed by atoms with Crippen LogP contribution in [0, 0.1) is 6.92 Å². The van der Waals surface area contributed by atoms with Gasteiger partial charge < -0.3 is 5.32 Å². The highest BCUT2D eigenvalue weighted by Crippen LogP contribution is 2.33. The largest absolute Gasteiger partial charge is 0.341 e. The van der Waals surface area contributed by atoms with E-state index in [9.17, 15) is 4.79 Å². The van der Waals surface area contributed by atoms with E-state index in [-0.39, 0.29) is 11.9 Å². The molecule has 0 aliphatic carbocycles. The summed E-state index contributed by atoms with van der Waals surface area (Å²) in [5.41, 5.74) is 2.40. The van der Waals surface area contributed by atoms with Gasteiger partial charge in [0, 0.05) is 11.6 Å². The number of amides is 1. The van der Waals surface area contributed by atoms with Crippen LogP contribution in [0.3, 0.4) is 0 Å². The smallest absolute Gasteiger partial charge is 0.262 e. The molecule has 1 atom stereocenters. The first-order valence-corrected chi connectivity index (χ1v) is 13.0. The third-order valence-electron chi connectivity index (χ3n) is 5.42. The highest BCUT2D eigenvalue weighted by atomic mass is 35.5. The van der Waals surface area contributed by atoms with E-state index in [2.05, 4.69) is 26.9 Å². The zero-order chi connectivity index (χ0) is 22.9. The van der Waals surface area contributed by atoms with E-state index in [0.717, 1.165) is 45.2 Å². The molecule has 0 saturated heterocycles. The van der Waals surface area contributed by atoms with Gasteiger partial charge in [0.1, 0.15) is 4.83 Å². The number of thiophene rings is 1. The molecule has 7 nitrogen and oxygen atoms in total. The van der Waals surface area contributed by atoms with Gasteiger partial charge in [-0.2, -0.15) is 16.9 Å². The number of rotatable bonds is 7. The Morgan fingerprint density at radius 3 is 2.85 bits per heavy atom. The van der Waals surface area contributed by atoms with Crippen molar-refractivity contribution in [2.75, 3.05) is 12.0 Å². The summed E-state index contributed by atoms with van der Waals surface area (Å²) in [5.74, 6) is 1.48. The molecule has 1 amide bonds. The Morgan fingerprint density at radius 1 is 1.21 bits per heavy atom. The Bertz CT molecular complexity index is 1460. The number of benzene rings is 1. The number of halogens is 1. The maximum atomic E-state index is 13.3. The average molecular weight is 497 g/mol. The number of fused-ring (bicyclic) bond motifs is 2. The molecule has 0 bridgehead atoms. The summed E-state index contributed by atoms with van der Waals surface area (Å²) >= 11 is 9.55. The molecule has 0 aliphatic heterocycles. The summed E-state index contributed by atoms with van der Waals surface area (Å²) in [6.07, 6.45) is 4.72. The minimum absolute atomic E-state index is 0.139. The quantitative estimate of drug-likeness (QED) is 0.330. The van der Waals surface area contributed by atoms with Gasteiger partial charge in [0.15, 0.2) is 11.5 Å². The van der Waals surface area contributed by atoms with Crippen LogP contribution < -0.4 is 5.32 Å². The second-order valence-corrected chi connectivity index (χ2v) is 10.00. The third kappa shape index (κ3) is 4.12. The number of aryl methyl sites for hydroxylation is 1. The fraction of sp³-hybridized carbons (Fsp3) is 0.217. The fourth-order valence-electron chi connectivity index (χ4n) is 3.77. The number of carbonyl (C=O) groups is 1. The molecule has 0 fully saturated rings. The van der Waals surface area contributed by atoms with Crippen molar-refractivity contribution in [1.82, 2.24) is 29.7 Å². The first kappa shape index (κ1) is 21.9. The van der Waals surface area contributed by atoms with Gasteiger partial charge >= 0.3 is 0 Å². The van der Waals surface area contributed by atoms with Crippen molar-refractivity contribution in [3.63, 3.8) is 0 Å². The van der Waals surface area contributed by atoms with Crippen LogP contribution in [0.5, 0.6) is 0 Å². The van der Waals surface area contributed by atoms with Crippen LogP contribution in [0.25, 0.3) is 21.6 Å². The molecule has 10 heteroatoms. The highest BCUT2D eigenvalue weighted by molar-refractivity contribution is 7.98. The standard InChI is InChI=1S/C23H21ClN6OS2/c1-14-15-13-19(33-23(15)30(28-14)18-8-4-3-7-16(18)24)22(31)25-17(10-12-32-2)21-27-26-20-9-5-6-11-29(20)21/h3-9,11,13,17H,10,12H2,1-2H3,(H,25,31). The van der Waals surface area contributed by atoms with Gasteiger partial charge in [-0.15, -0.1) is 21.5 Å². The lowest BCUT2D eigenvalue weighted by Gasteiger charge is -2.16. The van der Waals surface area contributed by atoms with E-state index in [1.807, 2.05) is 70.7 Å². The number of hydrogen-bond donors (Lipinski definition) is 1. The first-order valence-electron chi connectivity index (χ1n) is 10.4. The molecule has 5 rings (SSSR count). The van der Waals surface area contributed by atoms with Crippen LogP contribution in [0.2, 0.25) is 5.02 Å². The van der Waals surface area contributed by atoms with E-state index in [0.29, 0.717) is 9.90 Å². The van der Waals surface area contributed by atoms with E-state index in [4.69, 9.17) is 11.6 Å². The number of carbonyl (C=O) groups excluding carboxylic acids is 1. The Kier molecular flexibility index (Phi) is 6.09. The molecule has 5 aromatic rings. The molecular weight excluding hydrogens is 476 g/mol. The van der Waals surface area contributed by atoms with Crippen LogP contribution in [0.4, 0.5) is 0 Å². The van der Waals surface area contributed by atoms with Gasteiger partial charge in [-0.3, -0.25) is 9.20 Å². The van der Waals surface area contributed by atoms with Crippen molar-refractivity contribution in [3.05, 3.63) is 76.1 Å². The van der Waals surface area contributed by atoms with Crippen LogP contribution >= 0.6 is 34.7 Å². The monoisotopic (exact) mass is 496 g/mol. The van der Waals surface area contributed by atoms with E-state index >= 15 is 0 Å². The van der Waals surface area contributed by atoms with Crippen molar-refractivity contribution < 1.29 is 4.79 Å². The number of hydrogen-bond acceptors (Lipinski definition) is 6. The third-order valence-corrected chi connectivity index (χ3v) is 7.49. The maximum absolute atomic E-state index is 13.3. The normalized spacial score (nSPS) is 12.5. The number of nitrogens with one attached hydrogen (secondary N) is 1.